The van der Waals surface area contributed by atoms with Gasteiger partial charge in [-0.1, -0.05) is 35.9 Å². The first kappa shape index (κ1) is 21.5. The van der Waals surface area contributed by atoms with Crippen LogP contribution in [0.5, 0.6) is 11.5 Å². The number of halogens is 1. The molecular formula is C24H27ClN2O4. The Labute approximate surface area is 187 Å². The molecule has 2 aromatic carbocycles. The molecule has 7 heteroatoms. The van der Waals surface area contributed by atoms with E-state index in [4.69, 9.17) is 21.1 Å². The SMILES string of the molecule is COc1cccc([C@@H]2CN(C(=O)c3ccccc3Cl)C[C@H]2C(=O)NCC2CC2)c1OC. The van der Waals surface area contributed by atoms with Crippen LogP contribution in [0, 0.1) is 11.8 Å². The van der Waals surface area contributed by atoms with Gasteiger partial charge in [-0.05, 0) is 37.0 Å². The maximum atomic E-state index is 13.2. The van der Waals surface area contributed by atoms with Gasteiger partial charge in [0.15, 0.2) is 11.5 Å². The van der Waals surface area contributed by atoms with E-state index in [1.54, 1.807) is 43.4 Å². The molecule has 2 amide bonds. The summed E-state index contributed by atoms with van der Waals surface area (Å²) in [5.74, 6) is 0.985. The molecule has 1 N–H and O–H groups in total. The number of amides is 2. The molecule has 6 nitrogen and oxygen atoms in total. The molecule has 0 bridgehead atoms. The van der Waals surface area contributed by atoms with Gasteiger partial charge in [-0.2, -0.15) is 0 Å². The Morgan fingerprint density at radius 1 is 1.06 bits per heavy atom. The molecule has 0 aromatic heterocycles. The summed E-state index contributed by atoms with van der Waals surface area (Å²) in [4.78, 5) is 28.1. The predicted octanol–water partition coefficient (Wildman–Crippen LogP) is 3.74. The highest BCUT2D eigenvalue weighted by Gasteiger charge is 2.42. The summed E-state index contributed by atoms with van der Waals surface area (Å²) in [7, 11) is 3.18. The normalized spacial score (nSPS) is 20.4. The lowest BCUT2D eigenvalue weighted by atomic mass is 9.87. The average Bonchev–Trinajstić information content (AvgIpc) is 3.52. The number of benzene rings is 2. The molecule has 2 aliphatic rings. The second kappa shape index (κ2) is 9.18. The Bertz CT molecular complexity index is 976. The highest BCUT2D eigenvalue weighted by molar-refractivity contribution is 6.33. The fourth-order valence-electron chi connectivity index (χ4n) is 4.26. The van der Waals surface area contributed by atoms with Gasteiger partial charge in [-0.3, -0.25) is 9.59 Å². The van der Waals surface area contributed by atoms with Gasteiger partial charge in [0.25, 0.3) is 5.91 Å². The molecule has 0 radical (unpaired) electrons. The van der Waals surface area contributed by atoms with E-state index >= 15 is 0 Å². The number of hydrogen-bond donors (Lipinski definition) is 1. The Morgan fingerprint density at radius 3 is 2.52 bits per heavy atom. The molecule has 1 heterocycles. The molecule has 1 saturated carbocycles. The molecule has 1 aliphatic carbocycles. The van der Waals surface area contributed by atoms with E-state index in [9.17, 15) is 9.59 Å². The van der Waals surface area contributed by atoms with Crippen molar-refractivity contribution in [3.8, 4) is 11.5 Å². The number of methoxy groups -OCH3 is 2. The van der Waals surface area contributed by atoms with E-state index in [1.165, 1.54) is 0 Å². The Morgan fingerprint density at radius 2 is 1.84 bits per heavy atom. The van der Waals surface area contributed by atoms with Crippen molar-refractivity contribution >= 4 is 23.4 Å². The van der Waals surface area contributed by atoms with Crippen molar-refractivity contribution in [2.45, 2.75) is 18.8 Å². The van der Waals surface area contributed by atoms with Crippen LogP contribution < -0.4 is 14.8 Å². The van der Waals surface area contributed by atoms with Gasteiger partial charge >= 0.3 is 0 Å². The van der Waals surface area contributed by atoms with Crippen LogP contribution in [0.4, 0.5) is 0 Å². The molecule has 2 atom stereocenters. The van der Waals surface area contributed by atoms with Crippen molar-refractivity contribution in [1.29, 1.82) is 0 Å². The lowest BCUT2D eigenvalue weighted by Crippen LogP contribution is -2.36. The van der Waals surface area contributed by atoms with Gasteiger partial charge in [-0.25, -0.2) is 0 Å². The van der Waals surface area contributed by atoms with Crippen LogP contribution in [0.2, 0.25) is 5.02 Å². The summed E-state index contributed by atoms with van der Waals surface area (Å²) in [5.41, 5.74) is 1.31. The fraction of sp³-hybridized carbons (Fsp3) is 0.417. The second-order valence-electron chi connectivity index (χ2n) is 8.17. The monoisotopic (exact) mass is 442 g/mol. The van der Waals surface area contributed by atoms with Crippen molar-refractivity contribution < 1.29 is 19.1 Å². The molecule has 2 aromatic rings. The number of hydrogen-bond acceptors (Lipinski definition) is 4. The van der Waals surface area contributed by atoms with Gasteiger partial charge < -0.3 is 19.7 Å². The number of carbonyl (C=O) groups excluding carboxylic acids is 2. The summed E-state index contributed by atoms with van der Waals surface area (Å²) in [6.45, 7) is 1.41. The molecule has 4 rings (SSSR count). The molecule has 31 heavy (non-hydrogen) atoms. The number of nitrogens with zero attached hydrogens (tertiary/aromatic N) is 1. The highest BCUT2D eigenvalue weighted by Crippen LogP contribution is 2.42. The van der Waals surface area contributed by atoms with E-state index < -0.39 is 0 Å². The summed E-state index contributed by atoms with van der Waals surface area (Å²) < 4.78 is 11.1. The second-order valence-corrected chi connectivity index (χ2v) is 8.58. The minimum Gasteiger partial charge on any atom is -0.493 e. The molecule has 0 spiro atoms. The van der Waals surface area contributed by atoms with Crippen LogP contribution in [0.25, 0.3) is 0 Å². The highest BCUT2D eigenvalue weighted by atomic mass is 35.5. The third kappa shape index (κ3) is 4.49. The van der Waals surface area contributed by atoms with Crippen LogP contribution in [0.15, 0.2) is 42.5 Å². The zero-order valence-corrected chi connectivity index (χ0v) is 18.5. The van der Waals surface area contributed by atoms with Crippen molar-refractivity contribution in [2.24, 2.45) is 11.8 Å². The van der Waals surface area contributed by atoms with Gasteiger partial charge in [0.1, 0.15) is 0 Å². The summed E-state index contributed by atoms with van der Waals surface area (Å²) in [6, 6.07) is 12.6. The Balaban J connectivity index is 1.64. The standard InChI is InChI=1S/C24H27ClN2O4/c1-30-21-9-5-7-16(22(21)31-2)18-13-27(24(29)17-6-3-4-8-20(17)25)14-19(18)23(28)26-12-15-10-11-15/h3-9,15,18-19H,10-14H2,1-2H3,(H,26,28)/t18-,19+/m0/s1. The first-order valence-electron chi connectivity index (χ1n) is 10.6. The fourth-order valence-corrected chi connectivity index (χ4v) is 4.47. The summed E-state index contributed by atoms with van der Waals surface area (Å²) in [6.07, 6.45) is 2.32. The van der Waals surface area contributed by atoms with Crippen molar-refractivity contribution in [1.82, 2.24) is 10.2 Å². The maximum Gasteiger partial charge on any atom is 0.255 e. The zero-order chi connectivity index (χ0) is 22.0. The summed E-state index contributed by atoms with van der Waals surface area (Å²) >= 11 is 6.27. The number of carbonyl (C=O) groups is 2. The minimum absolute atomic E-state index is 0.0313. The lowest BCUT2D eigenvalue weighted by molar-refractivity contribution is -0.125. The van der Waals surface area contributed by atoms with Gasteiger partial charge in [0.05, 0.1) is 30.7 Å². The average molecular weight is 443 g/mol. The summed E-state index contributed by atoms with van der Waals surface area (Å²) in [5, 5.41) is 3.50. The van der Waals surface area contributed by atoms with Crippen LogP contribution in [-0.4, -0.2) is 50.6 Å². The number of rotatable bonds is 7. The molecule has 1 aliphatic heterocycles. The molecule has 1 saturated heterocycles. The van der Waals surface area contributed by atoms with Crippen LogP contribution in [0.1, 0.15) is 34.7 Å². The largest absolute Gasteiger partial charge is 0.493 e. The minimum atomic E-state index is -0.383. The quantitative estimate of drug-likeness (QED) is 0.709. The van der Waals surface area contributed by atoms with E-state index in [1.807, 2.05) is 18.2 Å². The Kier molecular flexibility index (Phi) is 6.37. The van der Waals surface area contributed by atoms with Gasteiger partial charge in [-0.15, -0.1) is 0 Å². The molecule has 164 valence electrons. The topological polar surface area (TPSA) is 67.9 Å². The smallest absolute Gasteiger partial charge is 0.255 e. The van der Waals surface area contributed by atoms with Crippen LogP contribution >= 0.6 is 11.6 Å². The maximum absolute atomic E-state index is 13.2. The van der Waals surface area contributed by atoms with E-state index in [0.29, 0.717) is 47.6 Å². The zero-order valence-electron chi connectivity index (χ0n) is 17.8. The molecule has 2 fully saturated rings. The lowest BCUT2D eigenvalue weighted by Gasteiger charge is -2.21. The van der Waals surface area contributed by atoms with E-state index in [2.05, 4.69) is 5.32 Å². The molecular weight excluding hydrogens is 416 g/mol. The van der Waals surface area contributed by atoms with E-state index in [-0.39, 0.29) is 23.7 Å². The third-order valence-electron chi connectivity index (χ3n) is 6.14. The molecule has 0 unspecified atom stereocenters. The number of nitrogens with one attached hydrogen (secondary N) is 1. The van der Waals surface area contributed by atoms with Crippen molar-refractivity contribution in [3.05, 3.63) is 58.6 Å². The number of para-hydroxylation sites is 1. The first-order valence-corrected chi connectivity index (χ1v) is 10.9. The van der Waals surface area contributed by atoms with E-state index in [0.717, 1.165) is 18.4 Å². The first-order chi connectivity index (χ1) is 15.0. The van der Waals surface area contributed by atoms with Crippen LogP contribution in [0.3, 0.4) is 0 Å². The number of likely N-dealkylation sites (tertiary alicyclic amines) is 1. The number of ether oxygens (including phenoxy) is 2. The third-order valence-corrected chi connectivity index (χ3v) is 6.47. The van der Waals surface area contributed by atoms with Gasteiger partial charge in [0, 0.05) is 31.1 Å². The van der Waals surface area contributed by atoms with Crippen molar-refractivity contribution in [2.75, 3.05) is 33.9 Å². The predicted molar refractivity (Wildman–Crippen MR) is 119 cm³/mol. The van der Waals surface area contributed by atoms with Crippen LogP contribution in [-0.2, 0) is 4.79 Å². The van der Waals surface area contributed by atoms with Gasteiger partial charge in [0.2, 0.25) is 5.91 Å². The van der Waals surface area contributed by atoms with Crippen molar-refractivity contribution in [3.63, 3.8) is 0 Å². The Hall–Kier alpha value is -2.73.